The molecule has 0 spiro atoms. The van der Waals surface area contributed by atoms with Crippen LogP contribution < -0.4 is 15.8 Å². The normalized spacial score (nSPS) is 11.7. The topological polar surface area (TPSA) is 64.4 Å². The van der Waals surface area contributed by atoms with Crippen LogP contribution in [0.15, 0.2) is 18.2 Å². The van der Waals surface area contributed by atoms with Crippen LogP contribution in [-0.2, 0) is 4.79 Å². The van der Waals surface area contributed by atoms with Crippen molar-refractivity contribution in [2.45, 2.75) is 39.3 Å². The van der Waals surface area contributed by atoms with Crippen LogP contribution in [0.3, 0.4) is 0 Å². The van der Waals surface area contributed by atoms with Gasteiger partial charge >= 0.3 is 0 Å². The van der Waals surface area contributed by atoms with E-state index in [4.69, 9.17) is 22.1 Å². The first-order chi connectivity index (χ1) is 8.38. The predicted molar refractivity (Wildman–Crippen MR) is 81.4 cm³/mol. The van der Waals surface area contributed by atoms with E-state index in [-0.39, 0.29) is 36.9 Å². The van der Waals surface area contributed by atoms with Gasteiger partial charge in [-0.3, -0.25) is 4.79 Å². The van der Waals surface area contributed by atoms with Crippen molar-refractivity contribution in [3.63, 3.8) is 0 Å². The maximum Gasteiger partial charge on any atom is 0.225 e. The van der Waals surface area contributed by atoms with Gasteiger partial charge in [0, 0.05) is 18.2 Å². The Bertz CT molecular complexity index is 423. The van der Waals surface area contributed by atoms with Crippen LogP contribution in [0.2, 0.25) is 5.02 Å². The fourth-order valence-corrected chi connectivity index (χ4v) is 1.66. The van der Waals surface area contributed by atoms with E-state index in [9.17, 15) is 4.79 Å². The molecule has 1 rings (SSSR count). The number of halogens is 2. The summed E-state index contributed by atoms with van der Waals surface area (Å²) in [6, 6.07) is 4.99. The standard InChI is InChI=1S/C13H19ClN2O2.ClH/c1-8(2)18-12-5-4-10(7-11(12)14)16-13(17)6-9(3)15;/h4-5,7-9H,6,15H2,1-3H3,(H,16,17);1H. The van der Waals surface area contributed by atoms with E-state index in [1.54, 1.807) is 25.1 Å². The monoisotopic (exact) mass is 306 g/mol. The molecule has 1 atom stereocenters. The summed E-state index contributed by atoms with van der Waals surface area (Å²) in [5, 5.41) is 3.21. The van der Waals surface area contributed by atoms with E-state index in [0.29, 0.717) is 16.5 Å². The molecular formula is C13H20Cl2N2O2. The Morgan fingerprint density at radius 1 is 1.42 bits per heavy atom. The summed E-state index contributed by atoms with van der Waals surface area (Å²) in [7, 11) is 0. The van der Waals surface area contributed by atoms with Crippen molar-refractivity contribution in [3.05, 3.63) is 23.2 Å². The molecule has 0 saturated heterocycles. The first kappa shape index (κ1) is 18.0. The van der Waals surface area contributed by atoms with Gasteiger partial charge in [0.2, 0.25) is 5.91 Å². The van der Waals surface area contributed by atoms with Crippen LogP contribution in [-0.4, -0.2) is 18.1 Å². The number of anilines is 1. The molecule has 19 heavy (non-hydrogen) atoms. The van der Waals surface area contributed by atoms with Gasteiger partial charge in [0.15, 0.2) is 0 Å². The number of nitrogens with two attached hydrogens (primary N) is 1. The van der Waals surface area contributed by atoms with Crippen molar-refractivity contribution >= 4 is 35.6 Å². The lowest BCUT2D eigenvalue weighted by molar-refractivity contribution is -0.116. The Hall–Kier alpha value is -0.970. The van der Waals surface area contributed by atoms with Crippen molar-refractivity contribution < 1.29 is 9.53 Å². The number of carbonyl (C=O) groups excluding carboxylic acids is 1. The van der Waals surface area contributed by atoms with E-state index < -0.39 is 0 Å². The zero-order valence-electron chi connectivity index (χ0n) is 11.3. The third-order valence-electron chi connectivity index (χ3n) is 2.09. The van der Waals surface area contributed by atoms with Crippen molar-refractivity contribution in [3.8, 4) is 5.75 Å². The van der Waals surface area contributed by atoms with Gasteiger partial charge in [0.25, 0.3) is 0 Å². The molecule has 108 valence electrons. The van der Waals surface area contributed by atoms with E-state index >= 15 is 0 Å². The van der Waals surface area contributed by atoms with E-state index in [1.165, 1.54) is 0 Å². The fourth-order valence-electron chi connectivity index (χ4n) is 1.43. The lowest BCUT2D eigenvalue weighted by Gasteiger charge is -2.13. The van der Waals surface area contributed by atoms with Crippen LogP contribution in [0.5, 0.6) is 5.75 Å². The van der Waals surface area contributed by atoms with Crippen LogP contribution in [0.4, 0.5) is 5.69 Å². The highest BCUT2D eigenvalue weighted by Gasteiger charge is 2.08. The van der Waals surface area contributed by atoms with Gasteiger partial charge in [0.05, 0.1) is 11.1 Å². The average molecular weight is 307 g/mol. The van der Waals surface area contributed by atoms with Crippen molar-refractivity contribution in [2.75, 3.05) is 5.32 Å². The van der Waals surface area contributed by atoms with Crippen LogP contribution in [0.1, 0.15) is 27.2 Å². The highest BCUT2D eigenvalue weighted by Crippen LogP contribution is 2.28. The highest BCUT2D eigenvalue weighted by atomic mass is 35.5. The second-order valence-electron chi connectivity index (χ2n) is 4.54. The van der Waals surface area contributed by atoms with E-state index in [0.717, 1.165) is 0 Å². The summed E-state index contributed by atoms with van der Waals surface area (Å²) >= 11 is 6.06. The molecule has 6 heteroatoms. The fraction of sp³-hybridized carbons (Fsp3) is 0.462. The highest BCUT2D eigenvalue weighted by molar-refractivity contribution is 6.32. The molecular weight excluding hydrogens is 287 g/mol. The van der Waals surface area contributed by atoms with Gasteiger partial charge < -0.3 is 15.8 Å². The first-order valence-electron chi connectivity index (χ1n) is 5.90. The van der Waals surface area contributed by atoms with Gasteiger partial charge in [-0.15, -0.1) is 12.4 Å². The van der Waals surface area contributed by atoms with Crippen molar-refractivity contribution in [2.24, 2.45) is 5.73 Å². The van der Waals surface area contributed by atoms with Gasteiger partial charge in [-0.25, -0.2) is 0 Å². The largest absolute Gasteiger partial charge is 0.489 e. The Morgan fingerprint density at radius 2 is 2.05 bits per heavy atom. The first-order valence-corrected chi connectivity index (χ1v) is 6.28. The molecule has 4 nitrogen and oxygen atoms in total. The molecule has 0 fully saturated rings. The summed E-state index contributed by atoms with van der Waals surface area (Å²) in [6.07, 6.45) is 0.336. The summed E-state index contributed by atoms with van der Waals surface area (Å²) in [5.74, 6) is 0.482. The number of hydrogen-bond acceptors (Lipinski definition) is 3. The molecule has 0 radical (unpaired) electrons. The number of hydrogen-bond donors (Lipinski definition) is 2. The second-order valence-corrected chi connectivity index (χ2v) is 4.95. The molecule has 1 aromatic rings. The maximum atomic E-state index is 11.5. The number of rotatable bonds is 5. The molecule has 0 saturated carbocycles. The number of ether oxygens (including phenoxy) is 1. The summed E-state index contributed by atoms with van der Waals surface area (Å²) in [5.41, 5.74) is 6.19. The number of carbonyl (C=O) groups is 1. The Balaban J connectivity index is 0.00000324. The van der Waals surface area contributed by atoms with Crippen molar-refractivity contribution in [1.29, 1.82) is 0 Å². The minimum Gasteiger partial charge on any atom is -0.489 e. The number of amides is 1. The molecule has 0 aliphatic carbocycles. The molecule has 0 bridgehead atoms. The molecule has 0 heterocycles. The summed E-state index contributed by atoms with van der Waals surface area (Å²) in [4.78, 5) is 11.5. The molecule has 0 aliphatic rings. The summed E-state index contributed by atoms with van der Waals surface area (Å²) in [6.45, 7) is 5.63. The van der Waals surface area contributed by atoms with Gasteiger partial charge in [-0.1, -0.05) is 11.6 Å². The lowest BCUT2D eigenvalue weighted by atomic mass is 10.2. The molecule has 1 aromatic carbocycles. The lowest BCUT2D eigenvalue weighted by Crippen LogP contribution is -2.23. The zero-order valence-corrected chi connectivity index (χ0v) is 12.8. The summed E-state index contributed by atoms with van der Waals surface area (Å²) < 4.78 is 5.50. The van der Waals surface area contributed by atoms with Gasteiger partial charge in [-0.2, -0.15) is 0 Å². The Labute approximate surface area is 125 Å². The third kappa shape index (κ3) is 6.66. The average Bonchev–Trinajstić information content (AvgIpc) is 2.20. The maximum absolute atomic E-state index is 11.5. The van der Waals surface area contributed by atoms with Crippen molar-refractivity contribution in [1.82, 2.24) is 0 Å². The molecule has 3 N–H and O–H groups in total. The molecule has 1 amide bonds. The second kappa shape index (κ2) is 8.25. The predicted octanol–water partition coefficient (Wildman–Crippen LogP) is 3.22. The molecule has 0 aromatic heterocycles. The Morgan fingerprint density at radius 3 is 2.53 bits per heavy atom. The van der Waals surface area contributed by atoms with E-state index in [2.05, 4.69) is 5.32 Å². The van der Waals surface area contributed by atoms with Crippen LogP contribution in [0, 0.1) is 0 Å². The molecule has 0 aliphatic heterocycles. The minimum atomic E-state index is -0.163. The minimum absolute atomic E-state index is 0. The Kier molecular flexibility index (Phi) is 7.83. The van der Waals surface area contributed by atoms with Gasteiger partial charge in [-0.05, 0) is 39.0 Å². The zero-order chi connectivity index (χ0) is 13.7. The number of benzene rings is 1. The quantitative estimate of drug-likeness (QED) is 0.878. The van der Waals surface area contributed by atoms with Crippen LogP contribution >= 0.6 is 24.0 Å². The van der Waals surface area contributed by atoms with E-state index in [1.807, 2.05) is 13.8 Å². The number of nitrogens with one attached hydrogen (secondary N) is 1. The molecule has 1 unspecified atom stereocenters. The van der Waals surface area contributed by atoms with Crippen LogP contribution in [0.25, 0.3) is 0 Å². The van der Waals surface area contributed by atoms with Gasteiger partial charge in [0.1, 0.15) is 5.75 Å². The SMILES string of the molecule is CC(N)CC(=O)Nc1ccc(OC(C)C)c(Cl)c1.Cl. The third-order valence-corrected chi connectivity index (χ3v) is 2.38. The smallest absolute Gasteiger partial charge is 0.225 e.